The highest BCUT2D eigenvalue weighted by Crippen LogP contribution is 2.09. The van der Waals surface area contributed by atoms with Gasteiger partial charge >= 0.3 is 0 Å². The van der Waals surface area contributed by atoms with Crippen molar-refractivity contribution in [3.05, 3.63) is 22.4 Å². The largest absolute Gasteiger partial charge is 0.208 e. The number of hydrogen-bond acceptors (Lipinski definition) is 4. The maximum atomic E-state index is 3.69. The lowest BCUT2D eigenvalue weighted by molar-refractivity contribution is 0.923. The summed E-state index contributed by atoms with van der Waals surface area (Å²) in [6.45, 7) is 0. The second-order valence-corrected chi connectivity index (χ2v) is 2.49. The molecule has 2 heterocycles. The summed E-state index contributed by atoms with van der Waals surface area (Å²) in [6, 6.07) is 1.93. The molecule has 5 heteroatoms. The lowest BCUT2D eigenvalue weighted by atomic mass is 10.3. The van der Waals surface area contributed by atoms with Crippen LogP contribution < -0.4 is 5.43 Å². The summed E-state index contributed by atoms with van der Waals surface area (Å²) in [5.41, 5.74) is 4.67. The summed E-state index contributed by atoms with van der Waals surface area (Å²) in [6.07, 6.45) is 0. The second kappa shape index (κ2) is 2.18. The van der Waals surface area contributed by atoms with Gasteiger partial charge in [-0.1, -0.05) is 0 Å². The van der Waals surface area contributed by atoms with Crippen molar-refractivity contribution in [1.29, 1.82) is 0 Å². The van der Waals surface area contributed by atoms with Crippen molar-refractivity contribution >= 4 is 17.2 Å². The fourth-order valence-electron chi connectivity index (χ4n) is 0.652. The zero-order chi connectivity index (χ0) is 6.81. The molecule has 1 aliphatic rings. The third-order valence-electron chi connectivity index (χ3n) is 1.10. The second-order valence-electron chi connectivity index (χ2n) is 1.71. The van der Waals surface area contributed by atoms with Gasteiger partial charge in [-0.05, 0) is 21.9 Å². The van der Waals surface area contributed by atoms with Crippen molar-refractivity contribution in [1.82, 2.24) is 5.43 Å². The third-order valence-corrected chi connectivity index (χ3v) is 1.78. The molecule has 0 saturated carbocycles. The van der Waals surface area contributed by atoms with E-state index in [0.29, 0.717) is 5.84 Å². The van der Waals surface area contributed by atoms with Gasteiger partial charge in [0.2, 0.25) is 5.84 Å². The molecule has 10 heavy (non-hydrogen) atoms. The first-order valence-corrected chi connectivity index (χ1v) is 3.62. The Morgan fingerprint density at radius 2 is 2.30 bits per heavy atom. The van der Waals surface area contributed by atoms with E-state index >= 15 is 0 Å². The Hall–Kier alpha value is -1.23. The Labute approximate surface area is 61.3 Å². The number of nitrogens with zero attached hydrogens (tertiary/aromatic N) is 4. The first kappa shape index (κ1) is 5.55. The highest BCUT2D eigenvalue weighted by atomic mass is 32.1. The monoisotopic (exact) mass is 151 g/mol. The van der Waals surface area contributed by atoms with E-state index in [-0.39, 0.29) is 0 Å². The average molecular weight is 151 g/mol. The molecule has 1 aromatic rings. The molecule has 0 fully saturated rings. The molecule has 2 rings (SSSR count). The van der Waals surface area contributed by atoms with E-state index in [1.165, 1.54) is 0 Å². The van der Waals surface area contributed by atoms with E-state index in [0.717, 1.165) is 5.56 Å². The third kappa shape index (κ3) is 0.801. The summed E-state index contributed by atoms with van der Waals surface area (Å²) < 4.78 is 0. The zero-order valence-electron chi connectivity index (χ0n) is 4.93. The van der Waals surface area contributed by atoms with Crippen LogP contribution in [-0.4, -0.2) is 5.84 Å². The van der Waals surface area contributed by atoms with Crippen LogP contribution in [0.5, 0.6) is 0 Å². The van der Waals surface area contributed by atoms with E-state index in [9.17, 15) is 0 Å². The first-order valence-electron chi connectivity index (χ1n) is 2.68. The van der Waals surface area contributed by atoms with Crippen LogP contribution in [0.25, 0.3) is 0 Å². The lowest BCUT2D eigenvalue weighted by Crippen LogP contribution is -2.05. The Kier molecular flexibility index (Phi) is 1.21. The smallest absolute Gasteiger partial charge is 0.152 e. The Morgan fingerprint density at radius 1 is 1.30 bits per heavy atom. The molecule has 1 aromatic heterocycles. The molecule has 0 N–H and O–H groups in total. The molecule has 0 aliphatic carbocycles. The van der Waals surface area contributed by atoms with Gasteiger partial charge in [0, 0.05) is 10.9 Å². The summed E-state index contributed by atoms with van der Waals surface area (Å²) in [4.78, 5) is 0. The van der Waals surface area contributed by atoms with Crippen molar-refractivity contribution in [2.45, 2.75) is 0 Å². The summed E-state index contributed by atoms with van der Waals surface area (Å²) in [5, 5.41) is 14.4. The molecule has 0 bridgehead atoms. The van der Waals surface area contributed by atoms with Crippen molar-refractivity contribution in [2.24, 2.45) is 15.5 Å². The van der Waals surface area contributed by atoms with Gasteiger partial charge in [-0.2, -0.15) is 11.3 Å². The van der Waals surface area contributed by atoms with Gasteiger partial charge in [0.15, 0.2) is 0 Å². The molecule has 49 valence electrons. The molecule has 1 radical (unpaired) electrons. The minimum Gasteiger partial charge on any atom is -0.152 e. The van der Waals surface area contributed by atoms with Crippen molar-refractivity contribution in [3.63, 3.8) is 0 Å². The predicted molar refractivity (Wildman–Crippen MR) is 37.8 cm³/mol. The molecule has 4 nitrogen and oxygen atoms in total. The lowest BCUT2D eigenvalue weighted by Gasteiger charge is -1.86. The molecular formula is C5H3N4S. The van der Waals surface area contributed by atoms with Crippen LogP contribution >= 0.6 is 11.3 Å². The SMILES string of the molecule is c1cc(C2=NN=N[N]2)cs1. The van der Waals surface area contributed by atoms with Gasteiger partial charge in [-0.3, -0.25) is 0 Å². The number of thiophene rings is 1. The number of hydrogen-bond donors (Lipinski definition) is 0. The van der Waals surface area contributed by atoms with Gasteiger partial charge in [-0.15, -0.1) is 10.5 Å². The van der Waals surface area contributed by atoms with Crippen LogP contribution in [0, 0.1) is 0 Å². The van der Waals surface area contributed by atoms with E-state index in [1.807, 2.05) is 16.8 Å². The maximum Gasteiger partial charge on any atom is 0.208 e. The Morgan fingerprint density at radius 3 is 2.90 bits per heavy atom. The maximum absolute atomic E-state index is 3.69. The highest BCUT2D eigenvalue weighted by Gasteiger charge is 2.07. The fraction of sp³-hybridized carbons (Fsp3) is 0. The van der Waals surface area contributed by atoms with E-state index in [2.05, 4.69) is 21.0 Å². The van der Waals surface area contributed by atoms with E-state index < -0.39 is 0 Å². The minimum atomic E-state index is 0.598. The zero-order valence-corrected chi connectivity index (χ0v) is 5.75. The van der Waals surface area contributed by atoms with Crippen LogP contribution in [0.15, 0.2) is 32.4 Å². The molecule has 1 aliphatic heterocycles. The van der Waals surface area contributed by atoms with Gasteiger partial charge in [0.05, 0.1) is 0 Å². The summed E-state index contributed by atoms with van der Waals surface area (Å²) in [7, 11) is 0. The van der Waals surface area contributed by atoms with Gasteiger partial charge < -0.3 is 0 Å². The topological polar surface area (TPSA) is 51.2 Å². The van der Waals surface area contributed by atoms with Gasteiger partial charge in [-0.25, -0.2) is 0 Å². The van der Waals surface area contributed by atoms with Crippen molar-refractivity contribution < 1.29 is 0 Å². The van der Waals surface area contributed by atoms with Crippen LogP contribution in [0.1, 0.15) is 5.56 Å². The van der Waals surface area contributed by atoms with E-state index in [1.54, 1.807) is 11.3 Å². The standard InChI is InChI=1S/C5H3N4S/c1-2-10-3-4(1)5-6-8-9-7-5/h1-3H. The highest BCUT2D eigenvalue weighted by molar-refractivity contribution is 7.08. The molecule has 0 spiro atoms. The van der Waals surface area contributed by atoms with Crippen molar-refractivity contribution in [3.8, 4) is 0 Å². The van der Waals surface area contributed by atoms with Gasteiger partial charge in [0.1, 0.15) is 0 Å². The molecule has 0 amide bonds. The molecule has 0 unspecified atom stereocenters. The van der Waals surface area contributed by atoms with E-state index in [4.69, 9.17) is 0 Å². The average Bonchev–Trinajstić information content (AvgIpc) is 2.59. The van der Waals surface area contributed by atoms with Gasteiger partial charge in [0.25, 0.3) is 0 Å². The number of rotatable bonds is 1. The number of amidine groups is 1. The van der Waals surface area contributed by atoms with Crippen LogP contribution in [0.3, 0.4) is 0 Å². The molecule has 0 saturated heterocycles. The Bertz CT molecular complexity index is 274. The first-order chi connectivity index (χ1) is 4.97. The molecule has 0 aromatic carbocycles. The quantitative estimate of drug-likeness (QED) is 0.582. The fourth-order valence-corrected chi connectivity index (χ4v) is 1.29. The van der Waals surface area contributed by atoms with Crippen molar-refractivity contribution in [2.75, 3.05) is 0 Å². The van der Waals surface area contributed by atoms with Crippen LogP contribution in [0.4, 0.5) is 0 Å². The summed E-state index contributed by atoms with van der Waals surface area (Å²) >= 11 is 1.60. The normalized spacial score (nSPS) is 15.0. The predicted octanol–water partition coefficient (Wildman–Crippen LogP) is 1.39. The van der Waals surface area contributed by atoms with Crippen LogP contribution in [0.2, 0.25) is 0 Å². The minimum absolute atomic E-state index is 0.598. The molecular weight excluding hydrogens is 148 g/mol. The van der Waals surface area contributed by atoms with Crippen LogP contribution in [-0.2, 0) is 0 Å². The molecule has 0 atom stereocenters. The summed E-state index contributed by atoms with van der Waals surface area (Å²) in [5.74, 6) is 0.598. The Balaban J connectivity index is 2.30.